The van der Waals surface area contributed by atoms with Gasteiger partial charge in [0.2, 0.25) is 0 Å². The Morgan fingerprint density at radius 1 is 1.25 bits per heavy atom. The van der Waals surface area contributed by atoms with Crippen molar-refractivity contribution in [2.75, 3.05) is 26.0 Å². The Bertz CT molecular complexity index is 1490. The van der Waals surface area contributed by atoms with E-state index in [-0.39, 0.29) is 23.6 Å². The van der Waals surface area contributed by atoms with Crippen molar-refractivity contribution in [3.8, 4) is 11.4 Å². The number of aromatic amines is 2. The van der Waals surface area contributed by atoms with Crippen LogP contribution in [0.2, 0.25) is 5.02 Å². The molecule has 1 aromatic carbocycles. The number of pyridine rings is 1. The number of carbonyl (C=O) groups is 1. The van der Waals surface area contributed by atoms with Gasteiger partial charge in [-0.25, -0.2) is 4.98 Å². The zero-order valence-electron chi connectivity index (χ0n) is 20.7. The van der Waals surface area contributed by atoms with Crippen LogP contribution in [0.5, 0.6) is 0 Å². The molecule has 1 aliphatic rings. The number of hydrogen-bond donors (Lipinski definition) is 3. The Morgan fingerprint density at radius 2 is 2.06 bits per heavy atom. The van der Waals surface area contributed by atoms with E-state index >= 15 is 0 Å². The number of fused-ring (bicyclic) bond motifs is 2. The minimum atomic E-state index is -0.243. The summed E-state index contributed by atoms with van der Waals surface area (Å²) in [6.45, 7) is 5.47. The van der Waals surface area contributed by atoms with Gasteiger partial charge in [0.15, 0.2) is 0 Å². The molecule has 0 bridgehead atoms. The molecule has 3 N–H and O–H groups in total. The van der Waals surface area contributed by atoms with E-state index in [2.05, 4.69) is 34.0 Å². The van der Waals surface area contributed by atoms with Crippen LogP contribution < -0.4 is 10.9 Å². The fourth-order valence-electron chi connectivity index (χ4n) is 4.84. The molecular formula is C26H29ClN6O2S. The number of nitrogens with one attached hydrogen (secondary N) is 3. The van der Waals surface area contributed by atoms with Crippen LogP contribution in [0.15, 0.2) is 40.6 Å². The smallest absolute Gasteiger partial charge is 0.261 e. The molecule has 1 amide bonds. The molecule has 36 heavy (non-hydrogen) atoms. The summed E-state index contributed by atoms with van der Waals surface area (Å²) in [6, 6.07) is 7.69. The number of likely N-dealkylation sites (N-methyl/N-ethyl adjacent to an activating group) is 1. The maximum atomic E-state index is 13.1. The van der Waals surface area contributed by atoms with Crippen molar-refractivity contribution in [1.29, 1.82) is 0 Å². The number of nitrogens with zero attached hydrogens (tertiary/aromatic N) is 3. The average Bonchev–Trinajstić information content (AvgIpc) is 3.49. The number of imidazole rings is 1. The van der Waals surface area contributed by atoms with E-state index in [1.807, 2.05) is 48.6 Å². The highest BCUT2D eigenvalue weighted by Gasteiger charge is 2.32. The number of hydrogen-bond acceptors (Lipinski definition) is 6. The molecule has 5 rings (SSSR count). The summed E-state index contributed by atoms with van der Waals surface area (Å²) < 4.78 is 0. The van der Waals surface area contributed by atoms with Gasteiger partial charge >= 0.3 is 0 Å². The molecule has 188 valence electrons. The third-order valence-electron chi connectivity index (χ3n) is 6.48. The second-order valence-corrected chi connectivity index (χ2v) is 11.1. The van der Waals surface area contributed by atoms with Crippen LogP contribution in [0.25, 0.3) is 22.4 Å². The largest absolute Gasteiger partial charge is 0.381 e. The normalized spacial score (nSPS) is 15.1. The summed E-state index contributed by atoms with van der Waals surface area (Å²) in [5.74, 6) is 0.489. The van der Waals surface area contributed by atoms with Gasteiger partial charge < -0.3 is 25.1 Å². The molecule has 10 heteroatoms. The number of anilines is 1. The molecule has 8 nitrogen and oxygen atoms in total. The van der Waals surface area contributed by atoms with Crippen LogP contribution in [0.4, 0.5) is 5.69 Å². The fourth-order valence-corrected chi connectivity index (χ4v) is 6.08. The third kappa shape index (κ3) is 4.66. The highest BCUT2D eigenvalue weighted by molar-refractivity contribution is 7.10. The number of rotatable bonds is 8. The van der Waals surface area contributed by atoms with Gasteiger partial charge in [-0.15, -0.1) is 11.3 Å². The topological polar surface area (TPSA) is 97.1 Å². The van der Waals surface area contributed by atoms with E-state index in [0.29, 0.717) is 29.2 Å². The second kappa shape index (κ2) is 9.72. The molecule has 0 unspecified atom stereocenters. The van der Waals surface area contributed by atoms with E-state index in [1.54, 1.807) is 17.5 Å². The number of thiophene rings is 1. The number of aromatic nitrogens is 3. The molecule has 1 aliphatic heterocycles. The Balaban J connectivity index is 1.44. The van der Waals surface area contributed by atoms with Gasteiger partial charge in [-0.05, 0) is 63.2 Å². The maximum absolute atomic E-state index is 13.1. The van der Waals surface area contributed by atoms with Crippen molar-refractivity contribution in [3.63, 3.8) is 0 Å². The second-order valence-electron chi connectivity index (χ2n) is 9.69. The Kier molecular flexibility index (Phi) is 6.63. The van der Waals surface area contributed by atoms with E-state index < -0.39 is 0 Å². The lowest BCUT2D eigenvalue weighted by molar-refractivity contribution is 0.0692. The van der Waals surface area contributed by atoms with Crippen LogP contribution in [-0.2, 0) is 13.0 Å². The highest BCUT2D eigenvalue weighted by Crippen LogP contribution is 2.31. The minimum Gasteiger partial charge on any atom is -0.381 e. The van der Waals surface area contributed by atoms with Crippen LogP contribution in [0.1, 0.15) is 34.6 Å². The van der Waals surface area contributed by atoms with Crippen molar-refractivity contribution in [3.05, 3.63) is 67.2 Å². The van der Waals surface area contributed by atoms with Gasteiger partial charge in [0.25, 0.3) is 11.5 Å². The zero-order chi connectivity index (χ0) is 25.6. The molecule has 4 aromatic rings. The third-order valence-corrected chi connectivity index (χ3v) is 7.89. The SMILES string of the molecule is C[C@H](CN(C)C)N1Cc2cc3nc(-c4c(N[C@@H](C)Cc5sccc5Cl)cc[nH]c4=O)[nH]c3cc2C1=O. The predicted octanol–water partition coefficient (Wildman–Crippen LogP) is 4.58. The van der Waals surface area contributed by atoms with Crippen molar-refractivity contribution < 1.29 is 4.79 Å². The maximum Gasteiger partial charge on any atom is 0.261 e. The molecule has 3 aromatic heterocycles. The number of carbonyl (C=O) groups excluding carboxylic acids is 1. The van der Waals surface area contributed by atoms with Crippen LogP contribution in [0, 0.1) is 0 Å². The molecule has 4 heterocycles. The summed E-state index contributed by atoms with van der Waals surface area (Å²) in [6.07, 6.45) is 2.36. The summed E-state index contributed by atoms with van der Waals surface area (Å²) in [7, 11) is 4.01. The van der Waals surface area contributed by atoms with Gasteiger partial charge in [0, 0.05) is 48.2 Å². The first-order valence-corrected chi connectivity index (χ1v) is 13.2. The van der Waals surface area contributed by atoms with Crippen LogP contribution in [-0.4, -0.2) is 63.4 Å². The quantitative estimate of drug-likeness (QED) is 0.313. The standard InChI is InChI=1S/C26H29ClN6O2S/c1-14(9-22-18(27)6-8-36-22)29-19-5-7-28-25(34)23(19)24-30-20-10-16-13-33(15(2)12-32(3)4)26(35)17(16)11-21(20)31-24/h5-8,10-11,14-15H,9,12-13H2,1-4H3,(H,30,31)(H2,28,29,34)/t14-,15+/m0/s1. The van der Waals surface area contributed by atoms with E-state index in [9.17, 15) is 9.59 Å². The van der Waals surface area contributed by atoms with E-state index in [4.69, 9.17) is 16.6 Å². The monoisotopic (exact) mass is 524 g/mol. The first-order chi connectivity index (χ1) is 17.2. The van der Waals surface area contributed by atoms with Gasteiger partial charge in [0.05, 0.1) is 21.7 Å². The Labute approximate surface area is 218 Å². The Hall–Kier alpha value is -3.14. The lowest BCUT2D eigenvalue weighted by Gasteiger charge is -2.26. The van der Waals surface area contributed by atoms with Crippen LogP contribution >= 0.6 is 22.9 Å². The van der Waals surface area contributed by atoms with Crippen molar-refractivity contribution >= 4 is 45.6 Å². The predicted molar refractivity (Wildman–Crippen MR) is 146 cm³/mol. The van der Waals surface area contributed by atoms with Gasteiger partial charge in [-0.1, -0.05) is 11.6 Å². The first kappa shape index (κ1) is 24.5. The molecular weight excluding hydrogens is 496 g/mol. The number of H-pyrrole nitrogens is 2. The van der Waals surface area contributed by atoms with Crippen molar-refractivity contribution in [1.82, 2.24) is 24.8 Å². The molecule has 0 spiro atoms. The fraction of sp³-hybridized carbons (Fsp3) is 0.346. The minimum absolute atomic E-state index is 0.0263. The molecule has 0 fully saturated rings. The first-order valence-electron chi connectivity index (χ1n) is 11.9. The Morgan fingerprint density at radius 3 is 2.78 bits per heavy atom. The summed E-state index contributed by atoms with van der Waals surface area (Å²) in [5.41, 5.74) is 3.98. The molecule has 0 radical (unpaired) electrons. The van der Waals surface area contributed by atoms with Crippen molar-refractivity contribution in [2.45, 2.75) is 38.9 Å². The zero-order valence-corrected chi connectivity index (χ0v) is 22.3. The van der Waals surface area contributed by atoms with Gasteiger partial charge in [-0.3, -0.25) is 9.59 Å². The summed E-state index contributed by atoms with van der Waals surface area (Å²) in [5, 5.41) is 6.18. The number of benzene rings is 1. The van der Waals surface area contributed by atoms with Gasteiger partial charge in [0.1, 0.15) is 11.4 Å². The number of amides is 1. The van der Waals surface area contributed by atoms with Crippen LogP contribution in [0.3, 0.4) is 0 Å². The van der Waals surface area contributed by atoms with E-state index in [1.165, 1.54) is 0 Å². The average molecular weight is 525 g/mol. The molecule has 0 saturated carbocycles. The lowest BCUT2D eigenvalue weighted by atomic mass is 10.1. The van der Waals surface area contributed by atoms with E-state index in [0.717, 1.165) is 39.5 Å². The van der Waals surface area contributed by atoms with Gasteiger partial charge in [-0.2, -0.15) is 0 Å². The summed E-state index contributed by atoms with van der Waals surface area (Å²) in [4.78, 5) is 41.9. The number of halogens is 1. The molecule has 0 aliphatic carbocycles. The molecule has 2 atom stereocenters. The van der Waals surface area contributed by atoms with Crippen molar-refractivity contribution in [2.24, 2.45) is 0 Å². The molecule has 0 saturated heterocycles. The summed E-state index contributed by atoms with van der Waals surface area (Å²) >= 11 is 7.89. The lowest BCUT2D eigenvalue weighted by Crippen LogP contribution is -2.40. The highest BCUT2D eigenvalue weighted by atomic mass is 35.5.